The molecule has 1 amide bonds. The Morgan fingerprint density at radius 1 is 1.43 bits per heavy atom. The topological polar surface area (TPSA) is 68.5 Å². The Kier molecular flexibility index (Phi) is 5.31. The second kappa shape index (κ2) is 7.00. The summed E-state index contributed by atoms with van der Waals surface area (Å²) in [6.07, 6.45) is 3.16. The molecule has 0 radical (unpaired) electrons. The first-order valence-electron chi connectivity index (χ1n) is 7.58. The number of hydrogen-bond acceptors (Lipinski definition) is 4. The fourth-order valence-corrected chi connectivity index (χ4v) is 2.73. The van der Waals surface area contributed by atoms with Crippen molar-refractivity contribution in [3.05, 3.63) is 30.1 Å². The van der Waals surface area contributed by atoms with E-state index in [0.717, 1.165) is 5.69 Å². The Bertz CT molecular complexity index is 456. The zero-order valence-corrected chi connectivity index (χ0v) is 12.9. The molecule has 0 saturated carbocycles. The third-order valence-corrected chi connectivity index (χ3v) is 4.24. The summed E-state index contributed by atoms with van der Waals surface area (Å²) in [5.41, 5.74) is 6.38. The summed E-state index contributed by atoms with van der Waals surface area (Å²) in [6.45, 7) is 6.19. The molecule has 1 aromatic heterocycles. The van der Waals surface area contributed by atoms with Gasteiger partial charge < -0.3 is 15.4 Å². The monoisotopic (exact) mass is 291 g/mol. The van der Waals surface area contributed by atoms with Crippen molar-refractivity contribution in [1.29, 1.82) is 0 Å². The maximum atomic E-state index is 13.1. The van der Waals surface area contributed by atoms with E-state index in [-0.39, 0.29) is 11.9 Å². The molecular formula is C16H25N3O2. The summed E-state index contributed by atoms with van der Waals surface area (Å²) in [6, 6.07) is 5.89. The molecule has 5 heteroatoms. The van der Waals surface area contributed by atoms with Gasteiger partial charge in [-0.25, -0.2) is 0 Å². The molecule has 116 valence electrons. The van der Waals surface area contributed by atoms with Crippen LogP contribution in [0.25, 0.3) is 0 Å². The molecule has 1 aliphatic rings. The quantitative estimate of drug-likeness (QED) is 0.894. The fourth-order valence-electron chi connectivity index (χ4n) is 2.73. The molecule has 2 heterocycles. The highest BCUT2D eigenvalue weighted by Crippen LogP contribution is 2.32. The van der Waals surface area contributed by atoms with Crippen LogP contribution in [0.3, 0.4) is 0 Å². The lowest BCUT2D eigenvalue weighted by atomic mass is 9.78. The number of rotatable bonds is 5. The number of carbonyl (C=O) groups excluding carboxylic acids is 1. The Labute approximate surface area is 126 Å². The molecule has 0 aliphatic carbocycles. The summed E-state index contributed by atoms with van der Waals surface area (Å²) in [5.74, 6) is 0.133. The highest BCUT2D eigenvalue weighted by molar-refractivity contribution is 5.83. The average molecular weight is 291 g/mol. The van der Waals surface area contributed by atoms with Crippen LogP contribution in [0.1, 0.15) is 32.4 Å². The van der Waals surface area contributed by atoms with Crippen LogP contribution >= 0.6 is 0 Å². The molecule has 21 heavy (non-hydrogen) atoms. The third-order valence-electron chi connectivity index (χ3n) is 4.24. The van der Waals surface area contributed by atoms with Crippen molar-refractivity contribution in [2.45, 2.75) is 39.3 Å². The van der Waals surface area contributed by atoms with Gasteiger partial charge in [-0.15, -0.1) is 0 Å². The molecule has 1 fully saturated rings. The van der Waals surface area contributed by atoms with E-state index < -0.39 is 5.41 Å². The molecule has 0 bridgehead atoms. The van der Waals surface area contributed by atoms with E-state index in [0.29, 0.717) is 39.1 Å². The highest BCUT2D eigenvalue weighted by atomic mass is 16.5. The largest absolute Gasteiger partial charge is 0.381 e. The number of ether oxygens (including phenoxy) is 1. The first kappa shape index (κ1) is 15.9. The molecule has 2 rings (SSSR count). The van der Waals surface area contributed by atoms with Crippen molar-refractivity contribution in [2.75, 3.05) is 19.8 Å². The molecular weight excluding hydrogens is 266 g/mol. The van der Waals surface area contributed by atoms with Crippen LogP contribution in [-0.4, -0.2) is 41.6 Å². The van der Waals surface area contributed by atoms with Crippen molar-refractivity contribution >= 4 is 5.91 Å². The zero-order valence-electron chi connectivity index (χ0n) is 12.9. The molecule has 1 aromatic rings. The zero-order chi connectivity index (χ0) is 15.3. The van der Waals surface area contributed by atoms with Crippen molar-refractivity contribution in [1.82, 2.24) is 9.88 Å². The van der Waals surface area contributed by atoms with Crippen LogP contribution in [0.4, 0.5) is 0 Å². The summed E-state index contributed by atoms with van der Waals surface area (Å²) in [5, 5.41) is 0. The smallest absolute Gasteiger partial charge is 0.230 e. The van der Waals surface area contributed by atoms with E-state index in [9.17, 15) is 4.79 Å². The predicted molar refractivity (Wildman–Crippen MR) is 81.5 cm³/mol. The SMILES string of the molecule is CC(C)N(Cc1ccccn1)C(=O)C1(CN)CCOCC1. The van der Waals surface area contributed by atoms with E-state index in [4.69, 9.17) is 10.5 Å². The van der Waals surface area contributed by atoms with Crippen LogP contribution in [0.15, 0.2) is 24.4 Å². The minimum atomic E-state index is -0.475. The molecule has 1 aliphatic heterocycles. The average Bonchev–Trinajstić information content (AvgIpc) is 2.53. The standard InChI is InChI=1S/C16H25N3O2/c1-13(2)19(11-14-5-3-4-8-18-14)15(20)16(12-17)6-9-21-10-7-16/h3-5,8,13H,6-7,9-12,17H2,1-2H3. The van der Waals surface area contributed by atoms with Crippen LogP contribution in [0.2, 0.25) is 0 Å². The molecule has 0 atom stereocenters. The van der Waals surface area contributed by atoms with Crippen molar-refractivity contribution in [3.63, 3.8) is 0 Å². The van der Waals surface area contributed by atoms with E-state index >= 15 is 0 Å². The van der Waals surface area contributed by atoms with E-state index in [1.165, 1.54) is 0 Å². The molecule has 0 unspecified atom stereocenters. The van der Waals surface area contributed by atoms with Gasteiger partial charge >= 0.3 is 0 Å². The van der Waals surface area contributed by atoms with Gasteiger partial charge in [0.25, 0.3) is 0 Å². The number of nitrogens with two attached hydrogens (primary N) is 1. The third kappa shape index (κ3) is 3.60. The highest BCUT2D eigenvalue weighted by Gasteiger charge is 2.42. The summed E-state index contributed by atoms with van der Waals surface area (Å²) in [4.78, 5) is 19.3. The van der Waals surface area contributed by atoms with Gasteiger partial charge in [0.05, 0.1) is 17.7 Å². The maximum Gasteiger partial charge on any atom is 0.230 e. The minimum Gasteiger partial charge on any atom is -0.381 e. The van der Waals surface area contributed by atoms with Gasteiger partial charge in [-0.05, 0) is 38.8 Å². The predicted octanol–water partition coefficient (Wildman–Crippen LogP) is 1.57. The van der Waals surface area contributed by atoms with Crippen molar-refractivity contribution in [2.24, 2.45) is 11.1 Å². The van der Waals surface area contributed by atoms with Crippen LogP contribution < -0.4 is 5.73 Å². The first-order chi connectivity index (χ1) is 10.1. The lowest BCUT2D eigenvalue weighted by Crippen LogP contribution is -2.52. The van der Waals surface area contributed by atoms with Crippen molar-refractivity contribution in [3.8, 4) is 0 Å². The van der Waals surface area contributed by atoms with Crippen LogP contribution in [0, 0.1) is 5.41 Å². The van der Waals surface area contributed by atoms with Gasteiger partial charge in [0.15, 0.2) is 0 Å². The van der Waals surface area contributed by atoms with Gasteiger partial charge in [0.2, 0.25) is 5.91 Å². The maximum absolute atomic E-state index is 13.1. The van der Waals surface area contributed by atoms with Gasteiger partial charge in [0.1, 0.15) is 0 Å². The molecule has 2 N–H and O–H groups in total. The van der Waals surface area contributed by atoms with Gasteiger partial charge in [0, 0.05) is 32.0 Å². The Balaban J connectivity index is 2.18. The molecule has 0 spiro atoms. The number of pyridine rings is 1. The van der Waals surface area contributed by atoms with Crippen LogP contribution in [0.5, 0.6) is 0 Å². The number of hydrogen-bond donors (Lipinski definition) is 1. The molecule has 0 aromatic carbocycles. The summed E-state index contributed by atoms with van der Waals surface area (Å²) < 4.78 is 5.40. The number of aromatic nitrogens is 1. The summed E-state index contributed by atoms with van der Waals surface area (Å²) >= 11 is 0. The normalized spacial score (nSPS) is 17.7. The second-order valence-corrected chi connectivity index (χ2v) is 5.94. The summed E-state index contributed by atoms with van der Waals surface area (Å²) in [7, 11) is 0. The Morgan fingerprint density at radius 2 is 2.14 bits per heavy atom. The number of amides is 1. The molecule has 5 nitrogen and oxygen atoms in total. The van der Waals surface area contributed by atoms with E-state index in [2.05, 4.69) is 4.98 Å². The van der Waals surface area contributed by atoms with Crippen LogP contribution in [-0.2, 0) is 16.1 Å². The van der Waals surface area contributed by atoms with E-state index in [1.54, 1.807) is 6.20 Å². The van der Waals surface area contributed by atoms with Crippen molar-refractivity contribution < 1.29 is 9.53 Å². The van der Waals surface area contributed by atoms with Gasteiger partial charge in [-0.1, -0.05) is 6.07 Å². The number of nitrogens with zero attached hydrogens (tertiary/aromatic N) is 2. The first-order valence-corrected chi connectivity index (χ1v) is 7.58. The number of carbonyl (C=O) groups is 1. The van der Waals surface area contributed by atoms with Gasteiger partial charge in [-0.3, -0.25) is 9.78 Å². The lowest BCUT2D eigenvalue weighted by Gasteiger charge is -2.40. The van der Waals surface area contributed by atoms with Gasteiger partial charge in [-0.2, -0.15) is 0 Å². The van der Waals surface area contributed by atoms with E-state index in [1.807, 2.05) is 36.9 Å². The fraction of sp³-hybridized carbons (Fsp3) is 0.625. The Hall–Kier alpha value is -1.46. The molecule has 1 saturated heterocycles. The lowest BCUT2D eigenvalue weighted by molar-refractivity contribution is -0.149. The Morgan fingerprint density at radius 3 is 2.67 bits per heavy atom. The minimum absolute atomic E-state index is 0.116. The second-order valence-electron chi connectivity index (χ2n) is 5.94.